The molecule has 0 aliphatic carbocycles. The number of pyridine rings is 4. The van der Waals surface area contributed by atoms with E-state index in [2.05, 4.69) is 0 Å². The van der Waals surface area contributed by atoms with Gasteiger partial charge in [-0.3, -0.25) is 0 Å². The fraction of sp³-hybridized carbons (Fsp3) is 0.111. The van der Waals surface area contributed by atoms with Crippen LogP contribution in [0.5, 0.6) is 0 Å². The Morgan fingerprint density at radius 3 is 1.10 bits per heavy atom. The highest BCUT2D eigenvalue weighted by atomic mass is 16.4. The Morgan fingerprint density at radius 2 is 0.795 bits per heavy atom. The van der Waals surface area contributed by atoms with E-state index in [9.17, 15) is 39.6 Å². The number of rotatable bonds is 8. The van der Waals surface area contributed by atoms with E-state index in [4.69, 9.17) is 0 Å². The van der Waals surface area contributed by atoms with Crippen molar-refractivity contribution < 1.29 is 57.9 Å². The smallest absolute Gasteiger partial charge is 0.345 e. The van der Waals surface area contributed by atoms with Crippen molar-refractivity contribution in [2.45, 2.75) is 6.67 Å². The number of carbonyl (C=O) groups is 4. The summed E-state index contributed by atoms with van der Waals surface area (Å²) in [5.41, 5.74) is 1.57. The summed E-state index contributed by atoms with van der Waals surface area (Å²) in [5.74, 6) is -4.64. The van der Waals surface area contributed by atoms with Gasteiger partial charge in [-0.1, -0.05) is 0 Å². The van der Waals surface area contributed by atoms with Crippen molar-refractivity contribution in [2.24, 2.45) is 14.1 Å². The first-order valence-corrected chi connectivity index (χ1v) is 11.5. The molecule has 0 bridgehead atoms. The zero-order valence-electron chi connectivity index (χ0n) is 20.8. The number of carboxylic acid groups (broad SMARTS) is 4. The lowest BCUT2D eigenvalue weighted by Crippen LogP contribution is -2.55. The second-order valence-electron chi connectivity index (χ2n) is 8.73. The fourth-order valence-corrected chi connectivity index (χ4v) is 4.09. The Balaban J connectivity index is 1.95. The van der Waals surface area contributed by atoms with Crippen molar-refractivity contribution in [3.63, 3.8) is 0 Å². The van der Waals surface area contributed by atoms with Gasteiger partial charge in [0.1, 0.15) is 14.1 Å². The van der Waals surface area contributed by atoms with Crippen LogP contribution in [0.3, 0.4) is 0 Å². The van der Waals surface area contributed by atoms with Gasteiger partial charge in [-0.25, -0.2) is 19.2 Å². The SMILES string of the molecule is C[n+]1ccc(C(=O)O)cc1-c1cc(C(=O)O)cc[n+]1C[n+]1ccc(C(=O)O)cc1-c1cc(C(=O)O)cc[n+]1C. The van der Waals surface area contributed by atoms with E-state index in [-0.39, 0.29) is 28.9 Å². The molecule has 196 valence electrons. The lowest BCUT2D eigenvalue weighted by molar-refractivity contribution is -0.906. The standard InChI is InChI=1S/C27H20N4O8/c1-28-7-3-16(24(32)33)11-20(28)22-13-18(26(36)37)5-9-30(22)15-31-10-6-19(27(38)39)14-23(31)21-12-17(25(34)35)4-8-29(21)2/h3-14H,15H2,1-2H3/p+4. The van der Waals surface area contributed by atoms with Crippen molar-refractivity contribution in [1.29, 1.82) is 0 Å². The number of carboxylic acids is 4. The van der Waals surface area contributed by atoms with Crippen LogP contribution in [-0.2, 0) is 20.8 Å². The van der Waals surface area contributed by atoms with Crippen LogP contribution in [0.25, 0.3) is 22.8 Å². The minimum absolute atomic E-state index is 0.00652. The minimum Gasteiger partial charge on any atom is -0.478 e. The van der Waals surface area contributed by atoms with Crippen LogP contribution in [0.2, 0.25) is 0 Å². The molecule has 0 aromatic carbocycles. The number of aromatic carboxylic acids is 4. The average Bonchev–Trinajstić information content (AvgIpc) is 2.89. The number of hydrogen-bond donors (Lipinski definition) is 4. The molecule has 0 amide bonds. The van der Waals surface area contributed by atoms with Crippen molar-refractivity contribution >= 4 is 23.9 Å². The highest BCUT2D eigenvalue weighted by molar-refractivity contribution is 5.90. The molecule has 0 saturated carbocycles. The maximum atomic E-state index is 11.8. The van der Waals surface area contributed by atoms with Gasteiger partial charge in [0, 0.05) is 48.5 Å². The molecule has 0 atom stereocenters. The second kappa shape index (κ2) is 10.5. The monoisotopic (exact) mass is 532 g/mol. The summed E-state index contributed by atoms with van der Waals surface area (Å²) in [5, 5.41) is 38.2. The van der Waals surface area contributed by atoms with Crippen LogP contribution in [0.1, 0.15) is 41.4 Å². The van der Waals surface area contributed by atoms with E-state index < -0.39 is 23.9 Å². The Morgan fingerprint density at radius 1 is 0.513 bits per heavy atom. The van der Waals surface area contributed by atoms with E-state index in [1.54, 1.807) is 44.8 Å². The first-order chi connectivity index (χ1) is 18.5. The summed E-state index contributed by atoms with van der Waals surface area (Å²) >= 11 is 0. The molecule has 39 heavy (non-hydrogen) atoms. The van der Waals surface area contributed by atoms with E-state index >= 15 is 0 Å². The lowest BCUT2D eigenvalue weighted by atomic mass is 10.1. The average molecular weight is 533 g/mol. The topological polar surface area (TPSA) is 165 Å². The van der Waals surface area contributed by atoms with Crippen LogP contribution >= 0.6 is 0 Å². The molecule has 12 heteroatoms. The van der Waals surface area contributed by atoms with Crippen molar-refractivity contribution in [1.82, 2.24) is 0 Å². The zero-order chi connectivity index (χ0) is 28.4. The van der Waals surface area contributed by atoms with Crippen molar-refractivity contribution in [3.05, 3.63) is 95.6 Å². The third-order valence-electron chi connectivity index (χ3n) is 6.19. The van der Waals surface area contributed by atoms with E-state index in [1.807, 2.05) is 0 Å². The molecule has 12 nitrogen and oxygen atoms in total. The molecule has 0 unspecified atom stereocenters. The van der Waals surface area contributed by atoms with Crippen molar-refractivity contribution in [2.75, 3.05) is 0 Å². The molecule has 4 rings (SSSR count). The summed E-state index contributed by atoms with van der Waals surface area (Å²) in [6.45, 7) is 0.0407. The summed E-state index contributed by atoms with van der Waals surface area (Å²) in [6.07, 6.45) is 6.16. The van der Waals surface area contributed by atoms with Crippen LogP contribution in [0.15, 0.2) is 73.3 Å². The lowest BCUT2D eigenvalue weighted by Gasteiger charge is -2.06. The summed E-state index contributed by atoms with van der Waals surface area (Å²) in [4.78, 5) is 46.8. The summed E-state index contributed by atoms with van der Waals surface area (Å²) < 4.78 is 6.66. The van der Waals surface area contributed by atoms with Crippen LogP contribution < -0.4 is 18.3 Å². The first-order valence-electron chi connectivity index (χ1n) is 11.5. The predicted octanol–water partition coefficient (Wildman–Crippen LogP) is 0.543. The number of hydrogen-bond acceptors (Lipinski definition) is 4. The molecular formula is C27H24N4O8+4. The van der Waals surface area contributed by atoms with Gasteiger partial charge in [-0.2, -0.15) is 9.13 Å². The number of aryl methyl sites for hydroxylation is 2. The van der Waals surface area contributed by atoms with Gasteiger partial charge in [-0.15, -0.1) is 9.13 Å². The normalized spacial score (nSPS) is 10.7. The fourth-order valence-electron chi connectivity index (χ4n) is 4.09. The van der Waals surface area contributed by atoms with Crippen LogP contribution in [0, 0.1) is 0 Å². The largest absolute Gasteiger partial charge is 0.478 e. The highest BCUT2D eigenvalue weighted by Crippen LogP contribution is 2.17. The zero-order valence-corrected chi connectivity index (χ0v) is 20.8. The maximum Gasteiger partial charge on any atom is 0.345 e. The quantitative estimate of drug-likeness (QED) is 0.239. The molecule has 0 fully saturated rings. The van der Waals surface area contributed by atoms with Crippen molar-refractivity contribution in [3.8, 4) is 22.8 Å². The molecule has 0 aliphatic heterocycles. The van der Waals surface area contributed by atoms with Gasteiger partial charge < -0.3 is 20.4 Å². The first kappa shape index (κ1) is 26.5. The molecule has 0 saturated heterocycles. The molecule has 0 radical (unpaired) electrons. The van der Waals surface area contributed by atoms with Gasteiger partial charge in [0.2, 0.25) is 0 Å². The molecule has 4 heterocycles. The predicted molar refractivity (Wildman–Crippen MR) is 130 cm³/mol. The summed E-state index contributed by atoms with van der Waals surface area (Å²) in [6, 6.07) is 11.3. The van der Waals surface area contributed by atoms with Gasteiger partial charge in [0.15, 0.2) is 24.8 Å². The van der Waals surface area contributed by atoms with Gasteiger partial charge in [0.05, 0.1) is 22.3 Å². The Kier molecular flexibility index (Phi) is 7.12. The molecule has 4 aromatic rings. The van der Waals surface area contributed by atoms with E-state index in [0.29, 0.717) is 22.8 Å². The minimum atomic E-state index is -1.17. The molecule has 0 spiro atoms. The van der Waals surface area contributed by atoms with Gasteiger partial charge in [0.25, 0.3) is 22.8 Å². The third-order valence-corrected chi connectivity index (χ3v) is 6.19. The van der Waals surface area contributed by atoms with Gasteiger partial charge in [-0.05, 0) is 0 Å². The van der Waals surface area contributed by atoms with E-state index in [0.717, 1.165) is 0 Å². The highest BCUT2D eigenvalue weighted by Gasteiger charge is 2.31. The second-order valence-corrected chi connectivity index (χ2v) is 8.73. The maximum absolute atomic E-state index is 11.8. The van der Waals surface area contributed by atoms with Crippen LogP contribution in [0.4, 0.5) is 0 Å². The molecule has 4 aromatic heterocycles. The van der Waals surface area contributed by atoms with Crippen LogP contribution in [-0.4, -0.2) is 44.3 Å². The molecular weight excluding hydrogens is 508 g/mol. The number of nitrogens with zero attached hydrogens (tertiary/aromatic N) is 4. The number of aromatic nitrogens is 4. The molecule has 4 N–H and O–H groups in total. The third kappa shape index (κ3) is 5.44. The Labute approximate surface area is 221 Å². The van der Waals surface area contributed by atoms with E-state index in [1.165, 1.54) is 60.9 Å². The van der Waals surface area contributed by atoms with Gasteiger partial charge >= 0.3 is 30.5 Å². The summed E-state index contributed by atoms with van der Waals surface area (Å²) in [7, 11) is 3.38. The Bertz CT molecular complexity index is 1560. The Hall–Kier alpha value is -5.52. The molecule has 0 aliphatic rings.